The monoisotopic (exact) mass is 1010 g/mol. The van der Waals surface area contributed by atoms with E-state index < -0.39 is 153 Å². The van der Waals surface area contributed by atoms with Crippen LogP contribution < -0.4 is 60.2 Å². The minimum atomic E-state index is -5.31. The molecular weight excluding hydrogens is 944 g/mol. The third kappa shape index (κ3) is 26.2. The molecule has 0 aromatic rings. The van der Waals surface area contributed by atoms with Gasteiger partial charge in [-0.1, -0.05) is 34.1 Å². The number of hydrogen-bond acceptors (Lipinski definition) is 16. The zero-order valence-corrected chi connectivity index (χ0v) is 40.2. The Morgan fingerprint density at radius 2 is 1.24 bits per heavy atom. The van der Waals surface area contributed by atoms with Gasteiger partial charge in [-0.15, -0.1) is 0 Å². The van der Waals surface area contributed by atoms with Crippen molar-refractivity contribution in [1.29, 1.82) is 0 Å². The summed E-state index contributed by atoms with van der Waals surface area (Å²) in [4.78, 5) is 152. The smallest absolute Gasteiger partial charge is 0.469 e. The summed E-state index contributed by atoms with van der Waals surface area (Å²) in [5, 5.41) is 35.0. The number of amides is 7. The summed E-state index contributed by atoms with van der Waals surface area (Å²) in [5.74, 6) is -12.1. The predicted molar refractivity (Wildman–Crippen MR) is 246 cm³/mol. The van der Waals surface area contributed by atoms with Crippen LogP contribution in [0.1, 0.15) is 85.5 Å². The average molecular weight is 1010 g/mol. The molecule has 0 aromatic carbocycles. The van der Waals surface area contributed by atoms with Crippen molar-refractivity contribution in [3.63, 3.8) is 0 Å². The van der Waals surface area contributed by atoms with Crippen LogP contribution in [-0.2, 0) is 57.0 Å². The van der Waals surface area contributed by atoms with Crippen LogP contribution >= 0.6 is 20.5 Å². The zero-order valence-electron chi connectivity index (χ0n) is 38.4. The van der Waals surface area contributed by atoms with Gasteiger partial charge >= 0.3 is 19.8 Å². The van der Waals surface area contributed by atoms with Crippen LogP contribution in [-0.4, -0.2) is 159 Å². The number of thiol groups is 1. The molecule has 0 saturated heterocycles. The third-order valence-corrected chi connectivity index (χ3v) is 10.7. The number of nitrogens with one attached hydrogen (secondary N) is 7. The van der Waals surface area contributed by atoms with Gasteiger partial charge in [0.2, 0.25) is 41.4 Å². The second kappa shape index (κ2) is 32.3. The van der Waals surface area contributed by atoms with Gasteiger partial charge in [-0.3, -0.25) is 57.5 Å². The summed E-state index contributed by atoms with van der Waals surface area (Å²) in [5.41, 5.74) is 21.8. The van der Waals surface area contributed by atoms with E-state index >= 15 is 0 Å². The number of carbonyl (C=O) groups is 10. The molecule has 0 aliphatic carbocycles. The Kier molecular flexibility index (Phi) is 29.7. The Bertz CT molecular complexity index is 1820. The zero-order chi connectivity index (χ0) is 52.3. The molecule has 7 amide bonds. The first-order valence-electron chi connectivity index (χ1n) is 21.5. The average Bonchev–Trinajstić information content (AvgIpc) is 3.25. The molecule has 388 valence electrons. The quantitative estimate of drug-likeness (QED) is 0.00931. The van der Waals surface area contributed by atoms with Crippen molar-refractivity contribution in [1.82, 2.24) is 37.2 Å². The highest BCUT2D eigenvalue weighted by atomic mass is 32.1. The highest BCUT2D eigenvalue weighted by molar-refractivity contribution is 7.81. The number of nitrogens with zero attached hydrogens (tertiary/aromatic N) is 1. The van der Waals surface area contributed by atoms with Crippen LogP contribution in [0.5, 0.6) is 0 Å². The number of carboxylic acid groups (broad SMARTS) is 2. The fourth-order valence-corrected chi connectivity index (χ4v) is 6.50. The van der Waals surface area contributed by atoms with Crippen molar-refractivity contribution in [2.75, 3.05) is 32.0 Å². The lowest BCUT2D eigenvalue weighted by atomic mass is 9.96. The van der Waals surface area contributed by atoms with E-state index in [4.69, 9.17) is 28.0 Å². The molecule has 0 unspecified atom stereocenters. The summed E-state index contributed by atoms with van der Waals surface area (Å²) >= 11 is 3.97. The predicted octanol–water partition coefficient (Wildman–Crippen LogP) is -4.83. The number of ketones is 1. The van der Waals surface area contributed by atoms with E-state index in [1.54, 1.807) is 6.92 Å². The standard InChI is InChI=1S/C38H69N12O16PS/c1-5-20(4)31(50-35(60)25(17-66-67(63,64)65)48-33(58)23(9-6-7-13-39)46-32(57)21(40)15-29(55)56)37(62)47-24(11-12-28(53)54)34(59)49-30(19(2)3)36(61)44-16-27(52)45-22(26(51)18-68)10-8-14-43-38(41)42/h19-25,30-31,68H,5-18,39-40H2,1-4H3,(H,44,61)(H,45,52)(H,46,57)(H,47,62)(H,48,58)(H,49,59)(H,50,60)(H,53,54)(H,55,56)(H4,41,42,43)(H2,63,64,65)/t20-,21-,22+,23-,24-,25-,30-,31-/m0/s1. The number of phosphoric acid groups is 1. The number of hydrogen-bond donors (Lipinski definition) is 16. The minimum Gasteiger partial charge on any atom is -0.481 e. The topological polar surface area (TPSA) is 479 Å². The third-order valence-electron chi connectivity index (χ3n) is 9.92. The summed E-state index contributed by atoms with van der Waals surface area (Å²) in [7, 11) is -5.31. The molecule has 68 heavy (non-hydrogen) atoms. The molecule has 30 heteroatoms. The molecule has 28 nitrogen and oxygen atoms in total. The van der Waals surface area contributed by atoms with Gasteiger partial charge in [-0.2, -0.15) is 12.6 Å². The first kappa shape index (κ1) is 62.5. The molecule has 0 bridgehead atoms. The second-order valence-corrected chi connectivity index (χ2v) is 17.5. The van der Waals surface area contributed by atoms with E-state index in [0.29, 0.717) is 12.8 Å². The number of carboxylic acids is 2. The number of nitrogens with two attached hydrogens (primary N) is 4. The molecule has 0 heterocycles. The molecule has 0 aliphatic rings. The maximum atomic E-state index is 13.9. The molecule has 0 spiro atoms. The van der Waals surface area contributed by atoms with E-state index in [1.165, 1.54) is 20.8 Å². The van der Waals surface area contributed by atoms with Gasteiger partial charge < -0.3 is 80.2 Å². The second-order valence-electron chi connectivity index (χ2n) is 15.9. The Balaban J connectivity index is 6.44. The number of phosphoric ester groups is 1. The normalized spacial score (nSPS) is 14.8. The maximum Gasteiger partial charge on any atom is 0.469 e. The fraction of sp³-hybridized carbons (Fsp3) is 0.711. The molecule has 0 rings (SSSR count). The largest absolute Gasteiger partial charge is 0.481 e. The number of aliphatic carboxylic acids is 2. The van der Waals surface area contributed by atoms with E-state index in [9.17, 15) is 67.4 Å². The van der Waals surface area contributed by atoms with Gasteiger partial charge in [0.05, 0.1) is 37.4 Å². The molecule has 19 N–H and O–H groups in total. The molecule has 8 atom stereocenters. The first-order chi connectivity index (χ1) is 31.7. The Morgan fingerprint density at radius 1 is 0.691 bits per heavy atom. The van der Waals surface area contributed by atoms with E-state index in [0.717, 1.165) is 0 Å². The highest BCUT2D eigenvalue weighted by Crippen LogP contribution is 2.35. The van der Waals surface area contributed by atoms with Crippen LogP contribution in [0.4, 0.5) is 0 Å². The van der Waals surface area contributed by atoms with Crippen molar-refractivity contribution in [3.8, 4) is 0 Å². The lowest BCUT2D eigenvalue weighted by Crippen LogP contribution is -2.61. The van der Waals surface area contributed by atoms with Crippen LogP contribution in [0, 0.1) is 11.8 Å². The van der Waals surface area contributed by atoms with Crippen molar-refractivity contribution in [2.45, 2.75) is 128 Å². The number of Topliss-reactive ketones (excluding diaryl/α,β-unsaturated/α-hetero) is 1. The highest BCUT2D eigenvalue weighted by Gasteiger charge is 2.36. The van der Waals surface area contributed by atoms with Crippen LogP contribution in [0.25, 0.3) is 0 Å². The van der Waals surface area contributed by atoms with Gasteiger partial charge in [-0.05, 0) is 56.9 Å². The number of guanidine groups is 1. The Labute approximate surface area is 398 Å². The van der Waals surface area contributed by atoms with Crippen LogP contribution in [0.15, 0.2) is 4.99 Å². The molecule has 0 aromatic heterocycles. The number of carbonyl (C=O) groups excluding carboxylic acids is 8. The minimum absolute atomic E-state index is 0.114. The van der Waals surface area contributed by atoms with Crippen molar-refractivity contribution in [2.24, 2.45) is 39.8 Å². The summed E-state index contributed by atoms with van der Waals surface area (Å²) in [6.45, 7) is 4.73. The number of unbranched alkanes of at least 4 members (excludes halogenated alkanes) is 1. The Hall–Kier alpha value is -5.45. The van der Waals surface area contributed by atoms with Crippen molar-refractivity contribution in [3.05, 3.63) is 0 Å². The van der Waals surface area contributed by atoms with E-state index in [1.807, 2.05) is 0 Å². The number of aliphatic imine (C=N–C) groups is 1. The molecule has 0 aliphatic heterocycles. The van der Waals surface area contributed by atoms with E-state index in [-0.39, 0.29) is 50.5 Å². The first-order valence-corrected chi connectivity index (χ1v) is 23.7. The van der Waals surface area contributed by atoms with Crippen LogP contribution in [0.2, 0.25) is 0 Å². The summed E-state index contributed by atoms with van der Waals surface area (Å²) in [6.07, 6.45) is -0.876. The van der Waals surface area contributed by atoms with Crippen molar-refractivity contribution >= 4 is 85.5 Å². The molecule has 0 radical (unpaired) electrons. The SMILES string of the molecule is CC[C@H](C)[C@H](NC(=O)[C@H](COP(=O)(O)O)NC(=O)[C@H](CCCCN)NC(=O)[C@@H](N)CC(=O)O)C(=O)N[C@@H](CCC(=O)O)C(=O)N[C@H](C(=O)NCC(=O)N[C@H](CCCN=C(N)N)C(=O)CS)C(C)C. The van der Waals surface area contributed by atoms with Gasteiger partial charge in [0.1, 0.15) is 30.2 Å². The summed E-state index contributed by atoms with van der Waals surface area (Å²) < 4.78 is 16.2. The fourth-order valence-electron chi connectivity index (χ4n) is 5.94. The Morgan fingerprint density at radius 3 is 1.76 bits per heavy atom. The van der Waals surface area contributed by atoms with Crippen LogP contribution in [0.3, 0.4) is 0 Å². The molecule has 0 fully saturated rings. The van der Waals surface area contributed by atoms with Gasteiger partial charge in [0.15, 0.2) is 11.7 Å². The lowest BCUT2D eigenvalue weighted by molar-refractivity contribution is -0.140. The maximum absolute atomic E-state index is 13.9. The molecule has 0 saturated carbocycles. The number of rotatable bonds is 35. The van der Waals surface area contributed by atoms with Gasteiger partial charge in [-0.25, -0.2) is 4.57 Å². The van der Waals surface area contributed by atoms with Crippen molar-refractivity contribution < 1.29 is 77.0 Å². The van der Waals surface area contributed by atoms with Gasteiger partial charge in [0.25, 0.3) is 0 Å². The van der Waals surface area contributed by atoms with Gasteiger partial charge in [0, 0.05) is 13.0 Å². The summed E-state index contributed by atoms with van der Waals surface area (Å²) in [6, 6.07) is -10.6. The lowest BCUT2D eigenvalue weighted by Gasteiger charge is -2.30. The molecular formula is C38H69N12O16PS. The van der Waals surface area contributed by atoms with E-state index in [2.05, 4.69) is 59.4 Å².